The van der Waals surface area contributed by atoms with E-state index in [-0.39, 0.29) is 11.3 Å². The van der Waals surface area contributed by atoms with Crippen LogP contribution in [0.2, 0.25) is 0 Å². The molecule has 0 radical (unpaired) electrons. The average molecular weight is 489 g/mol. The number of amides is 1. The van der Waals surface area contributed by atoms with E-state index >= 15 is 0 Å². The van der Waals surface area contributed by atoms with E-state index in [9.17, 15) is 4.79 Å². The number of pyridine rings is 2. The Kier molecular flexibility index (Phi) is 5.64. The van der Waals surface area contributed by atoms with Crippen molar-refractivity contribution in [3.05, 3.63) is 71.0 Å². The van der Waals surface area contributed by atoms with E-state index < -0.39 is 15.8 Å². The van der Waals surface area contributed by atoms with Gasteiger partial charge in [0.15, 0.2) is 0 Å². The molecule has 3 aromatic rings. The van der Waals surface area contributed by atoms with Crippen LogP contribution in [0.15, 0.2) is 48.8 Å². The van der Waals surface area contributed by atoms with Crippen LogP contribution in [0, 0.1) is 0 Å². The van der Waals surface area contributed by atoms with Crippen LogP contribution in [-0.4, -0.2) is 44.7 Å². The number of carbonyl (C=O) groups is 1. The third-order valence-corrected chi connectivity index (χ3v) is 9.10. The summed E-state index contributed by atoms with van der Waals surface area (Å²) >= 11 is -0.611. The van der Waals surface area contributed by atoms with Crippen LogP contribution in [0.5, 0.6) is 0 Å². The summed E-state index contributed by atoms with van der Waals surface area (Å²) < 4.78 is 0.943. The number of rotatable bonds is 5. The molecular formula is C25H28AsN5O. The molecule has 0 spiro atoms. The average Bonchev–Trinajstić information content (AvgIpc) is 3.27. The molecule has 1 atom stereocenters. The fourth-order valence-electron chi connectivity index (χ4n) is 4.54. The summed E-state index contributed by atoms with van der Waals surface area (Å²) in [6, 6.07) is 12.0. The topological polar surface area (TPSA) is 78.9 Å². The number of hydrogen-bond donors (Lipinski definition) is 3. The van der Waals surface area contributed by atoms with Crippen molar-refractivity contribution in [2.24, 2.45) is 0 Å². The first-order valence-electron chi connectivity index (χ1n) is 11.1. The van der Waals surface area contributed by atoms with Gasteiger partial charge in [0.1, 0.15) is 0 Å². The second kappa shape index (κ2) is 8.59. The maximum absolute atomic E-state index is 13.2. The van der Waals surface area contributed by atoms with Gasteiger partial charge in [0.05, 0.1) is 0 Å². The number of carbonyl (C=O) groups excluding carboxylic acids is 1. The van der Waals surface area contributed by atoms with Gasteiger partial charge in [0, 0.05) is 0 Å². The fraction of sp³-hybridized carbons (Fsp3) is 0.320. The van der Waals surface area contributed by atoms with Crippen molar-refractivity contribution in [3.63, 3.8) is 0 Å². The van der Waals surface area contributed by atoms with E-state index in [4.69, 9.17) is 0 Å². The van der Waals surface area contributed by atoms with E-state index in [1.165, 1.54) is 16.7 Å². The van der Waals surface area contributed by atoms with Crippen molar-refractivity contribution in [2.45, 2.75) is 37.3 Å². The minimum atomic E-state index is -0.611. The van der Waals surface area contributed by atoms with Crippen LogP contribution in [-0.2, 0) is 17.0 Å². The summed E-state index contributed by atoms with van der Waals surface area (Å²) in [5, 5.41) is 10.9. The molecule has 2 aliphatic rings. The Hall–Kier alpha value is -2.85. The zero-order valence-corrected chi connectivity index (χ0v) is 20.6. The maximum atomic E-state index is 13.2. The van der Waals surface area contributed by atoms with Gasteiger partial charge < -0.3 is 0 Å². The third kappa shape index (κ3) is 4.12. The van der Waals surface area contributed by atoms with E-state index in [0.717, 1.165) is 52.8 Å². The van der Waals surface area contributed by atoms with Crippen LogP contribution in [0.25, 0.3) is 0 Å². The Morgan fingerprint density at radius 2 is 2.03 bits per heavy atom. The molecule has 6 nitrogen and oxygen atoms in total. The first kappa shape index (κ1) is 21.0. The normalized spacial score (nSPS) is 16.2. The molecule has 1 unspecified atom stereocenters. The first-order chi connectivity index (χ1) is 15.5. The summed E-state index contributed by atoms with van der Waals surface area (Å²) in [4.78, 5) is 22.2. The Balaban J connectivity index is 1.33. The molecule has 4 heterocycles. The molecule has 0 fully saturated rings. The molecule has 0 saturated heterocycles. The van der Waals surface area contributed by atoms with Crippen LogP contribution in [0.1, 0.15) is 47.3 Å². The second-order valence-electron chi connectivity index (χ2n) is 9.00. The number of fused-ring (bicyclic) bond motifs is 2. The number of anilines is 3. The first-order valence-corrected chi connectivity index (χ1v) is 13.6. The Labute approximate surface area is 195 Å². The Bertz CT molecular complexity index is 1180. The van der Waals surface area contributed by atoms with Gasteiger partial charge >= 0.3 is 195 Å². The minimum absolute atomic E-state index is 0.0894. The molecule has 164 valence electrons. The van der Waals surface area contributed by atoms with Crippen LogP contribution in [0.3, 0.4) is 0 Å². The molecule has 2 aliphatic heterocycles. The number of benzene rings is 1. The van der Waals surface area contributed by atoms with Gasteiger partial charge in [-0.05, 0) is 0 Å². The van der Waals surface area contributed by atoms with Gasteiger partial charge in [0.25, 0.3) is 0 Å². The fourth-order valence-corrected chi connectivity index (χ4v) is 7.15. The molecule has 1 aromatic carbocycles. The SMILES string of the molecule is CC1(C)CCNc2cc(NC(=O)c3cccnc3[AsH]Cc3ccnc4c3CCN4)ccc21. The van der Waals surface area contributed by atoms with E-state index in [1.807, 2.05) is 30.5 Å². The third-order valence-electron chi connectivity index (χ3n) is 6.39. The standard InChI is InChI=1S/C25H28AsN5O/c1-25(2)9-13-27-21-14-17(5-6-20(21)25)31-24(32)19-4-3-10-28-22(19)26-15-16-7-11-29-23-18(16)8-12-30-23/h3-7,10-11,14,26-27H,8-9,12-13,15H2,1-2H3,(H,29,30)(H,31,32). The van der Waals surface area contributed by atoms with Gasteiger partial charge in [-0.2, -0.15) is 0 Å². The molecule has 32 heavy (non-hydrogen) atoms. The number of aromatic nitrogens is 2. The second-order valence-corrected chi connectivity index (χ2v) is 11.5. The summed E-state index contributed by atoms with van der Waals surface area (Å²) in [6.45, 7) is 6.43. The zero-order chi connectivity index (χ0) is 22.1. The van der Waals surface area contributed by atoms with Gasteiger partial charge in [-0.1, -0.05) is 0 Å². The molecule has 0 bridgehead atoms. The van der Waals surface area contributed by atoms with Gasteiger partial charge in [-0.3, -0.25) is 0 Å². The summed E-state index contributed by atoms with van der Waals surface area (Å²) in [5.41, 5.74) is 6.71. The van der Waals surface area contributed by atoms with Crippen molar-refractivity contribution in [1.82, 2.24) is 9.97 Å². The van der Waals surface area contributed by atoms with Crippen LogP contribution in [0.4, 0.5) is 17.2 Å². The summed E-state index contributed by atoms with van der Waals surface area (Å²) in [7, 11) is 0. The van der Waals surface area contributed by atoms with Crippen LogP contribution >= 0.6 is 0 Å². The molecular weight excluding hydrogens is 461 g/mol. The molecule has 3 N–H and O–H groups in total. The van der Waals surface area contributed by atoms with Crippen molar-refractivity contribution < 1.29 is 4.79 Å². The Morgan fingerprint density at radius 1 is 1.12 bits per heavy atom. The number of nitrogens with one attached hydrogen (secondary N) is 3. The monoisotopic (exact) mass is 489 g/mol. The molecule has 5 rings (SSSR count). The zero-order valence-electron chi connectivity index (χ0n) is 18.5. The molecule has 0 saturated carbocycles. The predicted octanol–water partition coefficient (Wildman–Crippen LogP) is 3.05. The van der Waals surface area contributed by atoms with Crippen molar-refractivity contribution in [1.29, 1.82) is 0 Å². The number of nitrogens with zero attached hydrogens (tertiary/aromatic N) is 2. The van der Waals surface area contributed by atoms with Crippen molar-refractivity contribution in [2.75, 3.05) is 29.0 Å². The van der Waals surface area contributed by atoms with E-state index in [1.54, 1.807) is 6.20 Å². The van der Waals surface area contributed by atoms with Crippen molar-refractivity contribution in [3.8, 4) is 0 Å². The van der Waals surface area contributed by atoms with Gasteiger partial charge in [-0.25, -0.2) is 0 Å². The summed E-state index contributed by atoms with van der Waals surface area (Å²) in [5.74, 6) is 0.922. The van der Waals surface area contributed by atoms with E-state index in [0.29, 0.717) is 5.56 Å². The van der Waals surface area contributed by atoms with Crippen LogP contribution < -0.4 is 20.4 Å². The molecule has 1 amide bonds. The number of hydrogen-bond acceptors (Lipinski definition) is 5. The van der Waals surface area contributed by atoms with Gasteiger partial charge in [-0.15, -0.1) is 0 Å². The van der Waals surface area contributed by atoms with Crippen molar-refractivity contribution >= 4 is 43.3 Å². The predicted molar refractivity (Wildman–Crippen MR) is 132 cm³/mol. The Morgan fingerprint density at radius 3 is 2.94 bits per heavy atom. The molecule has 2 aromatic heterocycles. The van der Waals surface area contributed by atoms with Gasteiger partial charge in [0.2, 0.25) is 0 Å². The molecule has 7 heteroatoms. The quantitative estimate of drug-likeness (QED) is 0.481. The molecule has 0 aliphatic carbocycles. The summed E-state index contributed by atoms with van der Waals surface area (Å²) in [6.07, 6.45) is 5.78. The van der Waals surface area contributed by atoms with E-state index in [2.05, 4.69) is 51.9 Å².